The number of carbonyl (C=O) groups is 2. The van der Waals surface area contributed by atoms with Gasteiger partial charge in [-0.1, -0.05) is 30.3 Å². The van der Waals surface area contributed by atoms with Gasteiger partial charge in [0, 0.05) is 40.3 Å². The van der Waals surface area contributed by atoms with Crippen molar-refractivity contribution >= 4 is 34.4 Å². The minimum Gasteiger partial charge on any atom is -0.465 e. The van der Waals surface area contributed by atoms with E-state index in [0.29, 0.717) is 17.8 Å². The first-order chi connectivity index (χ1) is 16.2. The molecule has 7 nitrogen and oxygen atoms in total. The van der Waals surface area contributed by atoms with Crippen molar-refractivity contribution in [2.24, 2.45) is 0 Å². The summed E-state index contributed by atoms with van der Waals surface area (Å²) in [4.78, 5) is 35.4. The molecule has 0 radical (unpaired) electrons. The number of nitrogens with one attached hydrogen (secondary N) is 2. The van der Waals surface area contributed by atoms with Crippen molar-refractivity contribution in [2.75, 3.05) is 6.54 Å². The SMILES string of the molecule is CC(C)(C)N(CCC(NC(=O)c1ccc(-c2ccnc3[nH]ccc23)s1)c1ccccc1)C(=O)O. The van der Waals surface area contributed by atoms with E-state index in [1.165, 1.54) is 16.2 Å². The Morgan fingerprint density at radius 1 is 1.12 bits per heavy atom. The third kappa shape index (κ3) is 5.12. The van der Waals surface area contributed by atoms with Crippen LogP contribution in [0.3, 0.4) is 0 Å². The lowest BCUT2D eigenvalue weighted by Gasteiger charge is -2.34. The van der Waals surface area contributed by atoms with Gasteiger partial charge in [0.1, 0.15) is 5.65 Å². The molecule has 1 aromatic carbocycles. The van der Waals surface area contributed by atoms with Crippen LogP contribution >= 0.6 is 11.3 Å². The van der Waals surface area contributed by atoms with Crippen LogP contribution in [0.25, 0.3) is 21.5 Å². The minimum absolute atomic E-state index is 0.179. The van der Waals surface area contributed by atoms with Crippen LogP contribution < -0.4 is 5.32 Å². The zero-order valence-electron chi connectivity index (χ0n) is 19.4. The van der Waals surface area contributed by atoms with Crippen LogP contribution in [0.15, 0.2) is 67.0 Å². The third-order valence-electron chi connectivity index (χ3n) is 5.74. The summed E-state index contributed by atoms with van der Waals surface area (Å²) in [6, 6.07) is 17.0. The van der Waals surface area contributed by atoms with Gasteiger partial charge in [0.15, 0.2) is 0 Å². The molecule has 0 aliphatic carbocycles. The number of fused-ring (bicyclic) bond motifs is 1. The Hall–Kier alpha value is -3.65. The molecule has 3 aromatic heterocycles. The Morgan fingerprint density at radius 3 is 2.59 bits per heavy atom. The van der Waals surface area contributed by atoms with Crippen LogP contribution in [0.2, 0.25) is 0 Å². The van der Waals surface area contributed by atoms with E-state index in [2.05, 4.69) is 15.3 Å². The number of hydrogen-bond donors (Lipinski definition) is 3. The number of hydrogen-bond acceptors (Lipinski definition) is 4. The fourth-order valence-electron chi connectivity index (χ4n) is 3.99. The van der Waals surface area contributed by atoms with E-state index in [9.17, 15) is 14.7 Å². The minimum atomic E-state index is -0.970. The molecule has 0 aliphatic rings. The molecule has 1 atom stereocenters. The number of aromatic amines is 1. The van der Waals surface area contributed by atoms with Crippen molar-refractivity contribution < 1.29 is 14.7 Å². The molecule has 3 heterocycles. The highest BCUT2D eigenvalue weighted by Gasteiger charge is 2.27. The van der Waals surface area contributed by atoms with Crippen LogP contribution in [-0.2, 0) is 0 Å². The molecule has 34 heavy (non-hydrogen) atoms. The molecular formula is C26H28N4O3S. The van der Waals surface area contributed by atoms with Gasteiger partial charge >= 0.3 is 6.09 Å². The van der Waals surface area contributed by atoms with Gasteiger partial charge in [0.2, 0.25) is 0 Å². The van der Waals surface area contributed by atoms with Crippen LogP contribution in [-0.4, -0.2) is 44.1 Å². The molecule has 0 spiro atoms. The third-order valence-corrected chi connectivity index (χ3v) is 6.86. The van der Waals surface area contributed by atoms with Crippen molar-refractivity contribution in [1.29, 1.82) is 0 Å². The van der Waals surface area contributed by atoms with Gasteiger partial charge in [-0.2, -0.15) is 0 Å². The molecular weight excluding hydrogens is 448 g/mol. The van der Waals surface area contributed by atoms with Crippen LogP contribution in [0.1, 0.15) is 48.5 Å². The van der Waals surface area contributed by atoms with E-state index in [4.69, 9.17) is 0 Å². The number of carbonyl (C=O) groups excluding carboxylic acids is 1. The Balaban J connectivity index is 1.54. The number of carboxylic acid groups (broad SMARTS) is 1. The maximum Gasteiger partial charge on any atom is 0.407 e. The summed E-state index contributed by atoms with van der Waals surface area (Å²) in [5.74, 6) is -0.179. The molecule has 0 saturated carbocycles. The molecule has 0 bridgehead atoms. The summed E-state index contributed by atoms with van der Waals surface area (Å²) in [6.07, 6.45) is 3.10. The van der Waals surface area contributed by atoms with E-state index in [-0.39, 0.29) is 11.9 Å². The average Bonchev–Trinajstić information content (AvgIpc) is 3.47. The van der Waals surface area contributed by atoms with Gasteiger partial charge in [-0.15, -0.1) is 11.3 Å². The molecule has 0 saturated heterocycles. The van der Waals surface area contributed by atoms with Gasteiger partial charge in [-0.05, 0) is 57.0 Å². The van der Waals surface area contributed by atoms with E-state index in [1.54, 1.807) is 6.20 Å². The number of thiophene rings is 1. The second kappa shape index (κ2) is 9.69. The van der Waals surface area contributed by atoms with E-state index < -0.39 is 11.6 Å². The number of aromatic nitrogens is 2. The molecule has 2 amide bonds. The average molecular weight is 477 g/mol. The number of rotatable bonds is 7. The smallest absolute Gasteiger partial charge is 0.407 e. The first kappa shape index (κ1) is 23.5. The predicted molar refractivity (Wildman–Crippen MR) is 135 cm³/mol. The predicted octanol–water partition coefficient (Wildman–Crippen LogP) is 5.93. The molecule has 8 heteroatoms. The summed E-state index contributed by atoms with van der Waals surface area (Å²) < 4.78 is 0. The lowest BCUT2D eigenvalue weighted by molar-refractivity contribution is 0.0905. The standard InChI is InChI=1S/C26H28N4O3S/c1-26(2,3)30(25(32)33)16-13-20(17-7-5-4-6-8-17)29-24(31)22-10-9-21(34-22)18-11-14-27-23-19(18)12-15-28-23/h4-12,14-15,20H,13,16H2,1-3H3,(H,27,28)(H,29,31)(H,32,33). The van der Waals surface area contributed by atoms with E-state index >= 15 is 0 Å². The second-order valence-corrected chi connectivity index (χ2v) is 10.2. The van der Waals surface area contributed by atoms with Crippen molar-refractivity contribution in [1.82, 2.24) is 20.2 Å². The summed E-state index contributed by atoms with van der Waals surface area (Å²) in [7, 11) is 0. The number of benzene rings is 1. The molecule has 176 valence electrons. The fourth-order valence-corrected chi connectivity index (χ4v) is 4.94. The Morgan fingerprint density at radius 2 is 1.88 bits per heavy atom. The highest BCUT2D eigenvalue weighted by atomic mass is 32.1. The zero-order valence-corrected chi connectivity index (χ0v) is 20.2. The van der Waals surface area contributed by atoms with E-state index in [0.717, 1.165) is 27.0 Å². The first-order valence-corrected chi connectivity index (χ1v) is 11.9. The summed E-state index contributed by atoms with van der Waals surface area (Å²) >= 11 is 1.42. The number of amides is 2. The highest BCUT2D eigenvalue weighted by molar-refractivity contribution is 7.17. The lowest BCUT2D eigenvalue weighted by atomic mass is 10.0. The van der Waals surface area contributed by atoms with Crippen LogP contribution in [0, 0.1) is 0 Å². The molecule has 0 fully saturated rings. The number of pyridine rings is 1. The normalized spacial score (nSPS) is 12.4. The summed E-state index contributed by atoms with van der Waals surface area (Å²) in [5.41, 5.74) is 2.24. The Bertz CT molecular complexity index is 1290. The largest absolute Gasteiger partial charge is 0.465 e. The molecule has 3 N–H and O–H groups in total. The zero-order chi connectivity index (χ0) is 24.3. The number of H-pyrrole nitrogens is 1. The Labute approximate surface area is 202 Å². The summed E-state index contributed by atoms with van der Waals surface area (Å²) in [6.45, 7) is 5.90. The van der Waals surface area contributed by atoms with Gasteiger partial charge < -0.3 is 20.3 Å². The van der Waals surface area contributed by atoms with Crippen LogP contribution in [0.4, 0.5) is 4.79 Å². The first-order valence-electron chi connectivity index (χ1n) is 11.1. The van der Waals surface area contributed by atoms with Crippen molar-refractivity contribution in [3.8, 4) is 10.4 Å². The van der Waals surface area contributed by atoms with Gasteiger partial charge in [-0.25, -0.2) is 9.78 Å². The molecule has 0 aliphatic heterocycles. The molecule has 1 unspecified atom stereocenters. The molecule has 4 rings (SSSR count). The maximum absolute atomic E-state index is 13.2. The summed E-state index contributed by atoms with van der Waals surface area (Å²) in [5, 5.41) is 13.8. The topological polar surface area (TPSA) is 98.3 Å². The maximum atomic E-state index is 13.2. The number of nitrogens with zero attached hydrogens (tertiary/aromatic N) is 2. The molecule has 4 aromatic rings. The van der Waals surface area contributed by atoms with Crippen molar-refractivity contribution in [2.45, 2.75) is 38.8 Å². The highest BCUT2D eigenvalue weighted by Crippen LogP contribution is 2.33. The second-order valence-electron chi connectivity index (χ2n) is 9.09. The van der Waals surface area contributed by atoms with Crippen LogP contribution in [0.5, 0.6) is 0 Å². The van der Waals surface area contributed by atoms with Gasteiger partial charge in [0.25, 0.3) is 5.91 Å². The van der Waals surface area contributed by atoms with Crippen molar-refractivity contribution in [3.63, 3.8) is 0 Å². The quantitative estimate of drug-likeness (QED) is 0.308. The fraction of sp³-hybridized carbons (Fsp3) is 0.269. The lowest BCUT2D eigenvalue weighted by Crippen LogP contribution is -2.46. The van der Waals surface area contributed by atoms with Gasteiger partial charge in [-0.3, -0.25) is 4.79 Å². The van der Waals surface area contributed by atoms with Gasteiger partial charge in [0.05, 0.1) is 10.9 Å². The monoisotopic (exact) mass is 476 g/mol. The van der Waals surface area contributed by atoms with E-state index in [1.807, 2.05) is 81.6 Å². The Kier molecular flexibility index (Phi) is 6.70. The van der Waals surface area contributed by atoms with Crippen molar-refractivity contribution in [3.05, 3.63) is 77.4 Å².